The number of benzene rings is 1. The average Bonchev–Trinajstić information content (AvgIpc) is 3.51. The number of pyridine rings is 1. The summed E-state index contributed by atoms with van der Waals surface area (Å²) >= 11 is 1.57. The van der Waals surface area contributed by atoms with Gasteiger partial charge in [-0.05, 0) is 57.0 Å². The number of H-pyrrole nitrogens is 1. The summed E-state index contributed by atoms with van der Waals surface area (Å²) in [5.41, 5.74) is 5.21. The van der Waals surface area contributed by atoms with E-state index in [2.05, 4.69) is 15.3 Å². The van der Waals surface area contributed by atoms with Crippen LogP contribution in [0.25, 0.3) is 10.9 Å². The van der Waals surface area contributed by atoms with Crippen molar-refractivity contribution in [2.75, 3.05) is 19.0 Å². The second-order valence-corrected chi connectivity index (χ2v) is 8.96. The molecule has 1 fully saturated rings. The van der Waals surface area contributed by atoms with Crippen LogP contribution in [0.2, 0.25) is 0 Å². The Hall–Kier alpha value is -3.39. The third-order valence-corrected chi connectivity index (χ3v) is 6.65. The highest BCUT2D eigenvalue weighted by molar-refractivity contribution is 7.13. The Bertz CT molecular complexity index is 1290. The summed E-state index contributed by atoms with van der Waals surface area (Å²) in [7, 11) is 1.64. The SMILES string of the molecule is COc1cccc2[nH]c(C(=O)N3CCC[C@@H]3c3cc(Nc4nc(C)cs4)cc(C)n3)cc12. The van der Waals surface area contributed by atoms with Gasteiger partial charge in [0.15, 0.2) is 5.13 Å². The van der Waals surface area contributed by atoms with Crippen molar-refractivity contribution < 1.29 is 9.53 Å². The number of nitrogens with zero attached hydrogens (tertiary/aromatic N) is 3. The lowest BCUT2D eigenvalue weighted by Crippen LogP contribution is -2.31. The van der Waals surface area contributed by atoms with Crippen molar-refractivity contribution in [1.82, 2.24) is 19.9 Å². The van der Waals surface area contributed by atoms with Crippen molar-refractivity contribution in [2.24, 2.45) is 0 Å². The lowest BCUT2D eigenvalue weighted by Gasteiger charge is -2.24. The number of likely N-dealkylation sites (tertiary alicyclic amines) is 1. The van der Waals surface area contributed by atoms with E-state index < -0.39 is 0 Å². The monoisotopic (exact) mass is 447 g/mol. The van der Waals surface area contributed by atoms with Gasteiger partial charge in [0.05, 0.1) is 24.5 Å². The van der Waals surface area contributed by atoms with Crippen LogP contribution < -0.4 is 10.1 Å². The van der Waals surface area contributed by atoms with Gasteiger partial charge in [-0.1, -0.05) is 6.07 Å². The van der Waals surface area contributed by atoms with Gasteiger partial charge in [0.1, 0.15) is 11.4 Å². The standard InChI is InChI=1S/C24H25N5O2S/c1-14-10-16(27-24-26-15(2)13-32-24)11-19(25-14)21-7-5-9-29(21)23(30)20-12-17-18(28-20)6-4-8-22(17)31-3/h4,6,8,10-13,21,28H,5,7,9H2,1-3H3,(H,25,26,27)/t21-/m1/s1. The molecule has 4 aromatic rings. The number of hydrogen-bond donors (Lipinski definition) is 2. The average molecular weight is 448 g/mol. The minimum absolute atomic E-state index is 0.0147. The van der Waals surface area contributed by atoms with E-state index in [-0.39, 0.29) is 11.9 Å². The van der Waals surface area contributed by atoms with Crippen LogP contribution in [-0.4, -0.2) is 39.4 Å². The molecule has 0 spiro atoms. The van der Waals surface area contributed by atoms with E-state index in [9.17, 15) is 4.79 Å². The van der Waals surface area contributed by atoms with Crippen molar-refractivity contribution in [1.29, 1.82) is 0 Å². The summed E-state index contributed by atoms with van der Waals surface area (Å²) in [6, 6.07) is 11.6. The van der Waals surface area contributed by atoms with E-state index in [1.54, 1.807) is 18.4 Å². The van der Waals surface area contributed by atoms with Crippen molar-refractivity contribution in [3.05, 3.63) is 64.6 Å². The molecule has 32 heavy (non-hydrogen) atoms. The minimum Gasteiger partial charge on any atom is -0.496 e. The second-order valence-electron chi connectivity index (χ2n) is 8.10. The van der Waals surface area contributed by atoms with Crippen molar-refractivity contribution in [3.63, 3.8) is 0 Å². The number of rotatable bonds is 5. The third-order valence-electron chi connectivity index (χ3n) is 5.77. The highest BCUT2D eigenvalue weighted by atomic mass is 32.1. The van der Waals surface area contributed by atoms with Crippen LogP contribution in [-0.2, 0) is 0 Å². The smallest absolute Gasteiger partial charge is 0.270 e. The molecule has 2 N–H and O–H groups in total. The maximum Gasteiger partial charge on any atom is 0.270 e. The predicted octanol–water partition coefficient (Wildman–Crippen LogP) is 5.37. The summed E-state index contributed by atoms with van der Waals surface area (Å²) in [6.45, 7) is 4.67. The number of carbonyl (C=O) groups is 1. The van der Waals surface area contributed by atoms with Crippen LogP contribution in [0.1, 0.15) is 46.5 Å². The van der Waals surface area contributed by atoms with Crippen molar-refractivity contribution in [2.45, 2.75) is 32.7 Å². The van der Waals surface area contributed by atoms with E-state index in [0.717, 1.165) is 57.4 Å². The molecule has 7 nitrogen and oxygen atoms in total. The first-order chi connectivity index (χ1) is 15.5. The molecule has 0 saturated carbocycles. The van der Waals surface area contributed by atoms with Gasteiger partial charge < -0.3 is 19.9 Å². The number of fused-ring (bicyclic) bond motifs is 1. The lowest BCUT2D eigenvalue weighted by atomic mass is 10.1. The van der Waals surface area contributed by atoms with Crippen LogP contribution in [0.3, 0.4) is 0 Å². The van der Waals surface area contributed by atoms with Crippen LogP contribution in [0.15, 0.2) is 41.8 Å². The Kier molecular flexibility index (Phi) is 5.30. The number of anilines is 2. The van der Waals surface area contributed by atoms with Gasteiger partial charge in [-0.25, -0.2) is 4.98 Å². The Balaban J connectivity index is 1.44. The molecule has 1 aliphatic rings. The number of aromatic nitrogens is 3. The fourth-order valence-corrected chi connectivity index (χ4v) is 5.07. The summed E-state index contributed by atoms with van der Waals surface area (Å²) in [4.78, 5) is 27.9. The second kappa shape index (κ2) is 8.27. The number of amides is 1. The highest BCUT2D eigenvalue weighted by Crippen LogP contribution is 2.35. The zero-order chi connectivity index (χ0) is 22.2. The van der Waals surface area contributed by atoms with Gasteiger partial charge in [0, 0.05) is 34.2 Å². The number of ether oxygens (including phenoxy) is 1. The molecule has 0 aliphatic carbocycles. The van der Waals surface area contributed by atoms with E-state index in [0.29, 0.717) is 12.2 Å². The molecular weight excluding hydrogens is 422 g/mol. The lowest BCUT2D eigenvalue weighted by molar-refractivity contribution is 0.0728. The number of aromatic amines is 1. The topological polar surface area (TPSA) is 83.1 Å². The number of carbonyl (C=O) groups excluding carboxylic acids is 1. The Morgan fingerprint density at radius 2 is 2.09 bits per heavy atom. The van der Waals surface area contributed by atoms with Gasteiger partial charge >= 0.3 is 0 Å². The molecule has 4 heterocycles. The normalized spacial score (nSPS) is 16.0. The molecule has 1 aromatic carbocycles. The van der Waals surface area contributed by atoms with E-state index >= 15 is 0 Å². The maximum atomic E-state index is 13.5. The van der Waals surface area contributed by atoms with Crippen LogP contribution in [0, 0.1) is 13.8 Å². The van der Waals surface area contributed by atoms with Gasteiger partial charge in [0.2, 0.25) is 0 Å². The fourth-order valence-electron chi connectivity index (χ4n) is 4.36. The molecule has 0 radical (unpaired) electrons. The molecule has 3 aromatic heterocycles. The number of thiazole rings is 1. The molecule has 8 heteroatoms. The quantitative estimate of drug-likeness (QED) is 0.430. The zero-order valence-corrected chi connectivity index (χ0v) is 19.1. The first-order valence-electron chi connectivity index (χ1n) is 10.7. The minimum atomic E-state index is -0.0608. The molecule has 1 saturated heterocycles. The first-order valence-corrected chi connectivity index (χ1v) is 11.5. The van der Waals surface area contributed by atoms with E-state index in [1.807, 2.05) is 60.5 Å². The van der Waals surface area contributed by atoms with Gasteiger partial charge in [-0.15, -0.1) is 11.3 Å². The molecule has 5 rings (SSSR count). The number of methoxy groups -OCH3 is 1. The molecule has 1 amide bonds. The number of nitrogens with one attached hydrogen (secondary N) is 2. The first kappa shape index (κ1) is 20.5. The summed E-state index contributed by atoms with van der Waals surface area (Å²) in [5, 5.41) is 7.16. The van der Waals surface area contributed by atoms with Crippen molar-refractivity contribution >= 4 is 39.0 Å². The van der Waals surface area contributed by atoms with Gasteiger partial charge in [-0.3, -0.25) is 9.78 Å². The van der Waals surface area contributed by atoms with Crippen LogP contribution in [0.4, 0.5) is 10.8 Å². The van der Waals surface area contributed by atoms with Gasteiger partial charge in [0.25, 0.3) is 5.91 Å². The summed E-state index contributed by atoms with van der Waals surface area (Å²) < 4.78 is 5.45. The number of hydrogen-bond acceptors (Lipinski definition) is 6. The maximum absolute atomic E-state index is 13.5. The summed E-state index contributed by atoms with van der Waals surface area (Å²) in [6.07, 6.45) is 1.84. The molecule has 0 bridgehead atoms. The van der Waals surface area contributed by atoms with E-state index in [1.165, 1.54) is 0 Å². The Morgan fingerprint density at radius 1 is 1.22 bits per heavy atom. The largest absolute Gasteiger partial charge is 0.496 e. The Morgan fingerprint density at radius 3 is 2.88 bits per heavy atom. The summed E-state index contributed by atoms with van der Waals surface area (Å²) in [5.74, 6) is 0.739. The Labute approximate surface area is 190 Å². The molecule has 0 unspecified atom stereocenters. The highest BCUT2D eigenvalue weighted by Gasteiger charge is 2.32. The molecular formula is C24H25N5O2S. The molecule has 164 valence electrons. The van der Waals surface area contributed by atoms with Crippen molar-refractivity contribution in [3.8, 4) is 5.75 Å². The predicted molar refractivity (Wildman–Crippen MR) is 127 cm³/mol. The molecule has 1 aliphatic heterocycles. The van der Waals surface area contributed by atoms with Gasteiger partial charge in [-0.2, -0.15) is 0 Å². The number of aryl methyl sites for hydroxylation is 2. The van der Waals surface area contributed by atoms with Crippen LogP contribution in [0.5, 0.6) is 5.75 Å². The fraction of sp³-hybridized carbons (Fsp3) is 0.292. The molecule has 1 atom stereocenters. The van der Waals surface area contributed by atoms with E-state index in [4.69, 9.17) is 9.72 Å². The zero-order valence-electron chi connectivity index (χ0n) is 18.3. The van der Waals surface area contributed by atoms with Crippen LogP contribution >= 0.6 is 11.3 Å². The third kappa shape index (κ3) is 3.82.